The summed E-state index contributed by atoms with van der Waals surface area (Å²) in [5, 5.41) is 3.61. The molecule has 0 bridgehead atoms. The summed E-state index contributed by atoms with van der Waals surface area (Å²) in [5.41, 5.74) is 7.40. The molecule has 2 rings (SSSR count). The molecule has 1 aromatic rings. The summed E-state index contributed by atoms with van der Waals surface area (Å²) >= 11 is 12.7. The molecule has 1 heterocycles. The number of methoxy groups -OCH3 is 1. The zero-order valence-corrected chi connectivity index (χ0v) is 18.0. The van der Waals surface area contributed by atoms with E-state index in [0.29, 0.717) is 35.1 Å². The van der Waals surface area contributed by atoms with Gasteiger partial charge in [-0.2, -0.15) is 0 Å². The molecule has 0 amide bonds. The van der Waals surface area contributed by atoms with Crippen LogP contribution in [0.2, 0.25) is 10.0 Å². The van der Waals surface area contributed by atoms with E-state index >= 15 is 0 Å². The Hall–Kier alpha value is -2.06. The quantitative estimate of drug-likeness (QED) is 0.471. The molecule has 0 aliphatic carbocycles. The van der Waals surface area contributed by atoms with Crippen LogP contribution < -0.4 is 11.1 Å². The Balaban J connectivity index is 2.72. The lowest BCUT2D eigenvalue weighted by Gasteiger charge is -2.31. The van der Waals surface area contributed by atoms with Crippen molar-refractivity contribution in [2.24, 2.45) is 5.73 Å². The molecule has 1 aliphatic heterocycles. The van der Waals surface area contributed by atoms with Gasteiger partial charge in [-0.25, -0.2) is 9.59 Å². The minimum atomic E-state index is -0.842. The van der Waals surface area contributed by atoms with Gasteiger partial charge >= 0.3 is 11.9 Å². The topological polar surface area (TPSA) is 99.9 Å². The van der Waals surface area contributed by atoms with Gasteiger partial charge in [-0.1, -0.05) is 35.3 Å². The summed E-state index contributed by atoms with van der Waals surface area (Å²) in [6.07, 6.45) is 0. The van der Waals surface area contributed by atoms with Gasteiger partial charge in [-0.05, 0) is 25.5 Å². The van der Waals surface area contributed by atoms with E-state index in [-0.39, 0.29) is 29.4 Å². The minimum Gasteiger partial charge on any atom is -0.466 e. The number of dihydropyridines is 1. The van der Waals surface area contributed by atoms with Crippen LogP contribution >= 0.6 is 23.2 Å². The smallest absolute Gasteiger partial charge is 0.336 e. The van der Waals surface area contributed by atoms with Crippen LogP contribution in [0.1, 0.15) is 25.3 Å². The molecule has 1 aromatic carbocycles. The van der Waals surface area contributed by atoms with Crippen LogP contribution in [0.3, 0.4) is 0 Å². The van der Waals surface area contributed by atoms with Crippen molar-refractivity contribution in [3.8, 4) is 0 Å². The minimum absolute atomic E-state index is 0.0752. The highest BCUT2D eigenvalue weighted by Gasteiger charge is 2.39. The number of esters is 2. The van der Waals surface area contributed by atoms with Crippen molar-refractivity contribution in [3.63, 3.8) is 0 Å². The van der Waals surface area contributed by atoms with Crippen LogP contribution in [0.25, 0.3) is 0 Å². The number of carbonyl (C=O) groups excluding carboxylic acids is 2. The maximum Gasteiger partial charge on any atom is 0.336 e. The predicted octanol–water partition coefficient (Wildman–Crippen LogP) is 2.92. The highest BCUT2D eigenvalue weighted by atomic mass is 35.5. The number of carbonyl (C=O) groups is 2. The first-order valence-corrected chi connectivity index (χ1v) is 9.80. The highest BCUT2D eigenvalue weighted by molar-refractivity contribution is 6.42. The molecule has 0 fully saturated rings. The van der Waals surface area contributed by atoms with Gasteiger partial charge in [-0.15, -0.1) is 0 Å². The largest absolute Gasteiger partial charge is 0.466 e. The molecule has 29 heavy (non-hydrogen) atoms. The van der Waals surface area contributed by atoms with Gasteiger partial charge in [0.25, 0.3) is 0 Å². The number of hydrogen-bond acceptors (Lipinski definition) is 7. The third-order valence-electron chi connectivity index (χ3n) is 4.35. The Labute approximate surface area is 179 Å². The fourth-order valence-electron chi connectivity index (χ4n) is 3.15. The van der Waals surface area contributed by atoms with Crippen molar-refractivity contribution >= 4 is 35.1 Å². The van der Waals surface area contributed by atoms with Crippen molar-refractivity contribution in [2.45, 2.75) is 19.8 Å². The molecular weight excluding hydrogens is 419 g/mol. The van der Waals surface area contributed by atoms with Crippen molar-refractivity contribution in [2.75, 3.05) is 33.5 Å². The number of ether oxygens (including phenoxy) is 3. The van der Waals surface area contributed by atoms with Gasteiger partial charge in [0.15, 0.2) is 0 Å². The molecule has 158 valence electrons. The molecule has 0 radical (unpaired) electrons. The molecule has 0 saturated heterocycles. The Bertz CT molecular complexity index is 851. The van der Waals surface area contributed by atoms with E-state index in [1.165, 1.54) is 7.11 Å². The molecule has 0 saturated carbocycles. The summed E-state index contributed by atoms with van der Waals surface area (Å²) in [7, 11) is 1.27. The van der Waals surface area contributed by atoms with Crippen molar-refractivity contribution < 1.29 is 23.8 Å². The van der Waals surface area contributed by atoms with Gasteiger partial charge in [0.1, 0.15) is 0 Å². The Morgan fingerprint density at radius 2 is 1.93 bits per heavy atom. The van der Waals surface area contributed by atoms with Crippen molar-refractivity contribution in [1.29, 1.82) is 0 Å². The van der Waals surface area contributed by atoms with Crippen LogP contribution in [0.15, 0.2) is 40.7 Å². The van der Waals surface area contributed by atoms with Gasteiger partial charge in [0.2, 0.25) is 0 Å². The maximum absolute atomic E-state index is 12.9. The Morgan fingerprint density at radius 1 is 1.21 bits per heavy atom. The Kier molecular flexibility index (Phi) is 8.52. The molecule has 0 aromatic heterocycles. The van der Waals surface area contributed by atoms with Gasteiger partial charge in [0.05, 0.1) is 59.7 Å². The lowest BCUT2D eigenvalue weighted by molar-refractivity contribution is -0.139. The van der Waals surface area contributed by atoms with Crippen LogP contribution in [-0.4, -0.2) is 45.4 Å². The fourth-order valence-corrected chi connectivity index (χ4v) is 3.57. The average Bonchev–Trinajstić information content (AvgIpc) is 2.69. The van der Waals surface area contributed by atoms with E-state index < -0.39 is 17.9 Å². The third-order valence-corrected chi connectivity index (χ3v) is 5.18. The van der Waals surface area contributed by atoms with Gasteiger partial charge < -0.3 is 25.3 Å². The van der Waals surface area contributed by atoms with E-state index in [9.17, 15) is 9.59 Å². The zero-order chi connectivity index (χ0) is 21.6. The first-order valence-electron chi connectivity index (χ1n) is 9.05. The summed E-state index contributed by atoms with van der Waals surface area (Å²) in [4.78, 5) is 25.6. The van der Waals surface area contributed by atoms with E-state index in [4.69, 9.17) is 43.1 Å². The predicted molar refractivity (Wildman–Crippen MR) is 111 cm³/mol. The molecule has 7 nitrogen and oxygen atoms in total. The number of halogens is 2. The van der Waals surface area contributed by atoms with E-state index in [2.05, 4.69) is 5.32 Å². The van der Waals surface area contributed by atoms with Gasteiger partial charge in [-0.3, -0.25) is 0 Å². The van der Waals surface area contributed by atoms with Gasteiger partial charge in [0, 0.05) is 12.2 Å². The fraction of sp³-hybridized carbons (Fsp3) is 0.400. The van der Waals surface area contributed by atoms with Crippen LogP contribution in [0.5, 0.6) is 0 Å². The van der Waals surface area contributed by atoms with Crippen molar-refractivity contribution in [1.82, 2.24) is 5.32 Å². The van der Waals surface area contributed by atoms with Crippen LogP contribution in [0.4, 0.5) is 0 Å². The average molecular weight is 443 g/mol. The second-order valence-electron chi connectivity index (χ2n) is 6.19. The summed E-state index contributed by atoms with van der Waals surface area (Å²) in [6.45, 7) is 4.27. The van der Waals surface area contributed by atoms with E-state index in [1.807, 2.05) is 0 Å². The second kappa shape index (κ2) is 10.6. The molecule has 1 unspecified atom stereocenters. The molecule has 9 heteroatoms. The SMILES string of the molecule is CCOC(=O)C1=C(COCCN)NC(C)=C(C(=O)OC)C1c1cccc(Cl)c1Cl. The summed E-state index contributed by atoms with van der Waals surface area (Å²) in [5.74, 6) is -2.04. The maximum atomic E-state index is 12.9. The Morgan fingerprint density at radius 3 is 2.55 bits per heavy atom. The lowest BCUT2D eigenvalue weighted by Crippen LogP contribution is -2.35. The molecule has 3 N–H and O–H groups in total. The number of benzene rings is 1. The second-order valence-corrected chi connectivity index (χ2v) is 6.97. The van der Waals surface area contributed by atoms with Crippen LogP contribution in [0, 0.1) is 0 Å². The molecule has 0 spiro atoms. The third kappa shape index (κ3) is 5.11. The summed E-state index contributed by atoms with van der Waals surface area (Å²) < 4.78 is 15.8. The standard InChI is InChI=1S/C20H24Cl2N2O5/c1-4-29-20(26)17-14(10-28-9-8-23)24-11(2)15(19(25)27-3)16(17)12-6-5-7-13(21)18(12)22/h5-7,16,24H,4,8-10,23H2,1-3H3. The summed E-state index contributed by atoms with van der Waals surface area (Å²) in [6, 6.07) is 5.03. The molecule has 1 aliphatic rings. The number of allylic oxidation sites excluding steroid dienone is 1. The van der Waals surface area contributed by atoms with Crippen LogP contribution in [-0.2, 0) is 23.8 Å². The van der Waals surface area contributed by atoms with Crippen molar-refractivity contribution in [3.05, 3.63) is 56.3 Å². The molecular formula is C20H24Cl2N2O5. The number of nitrogens with two attached hydrogens (primary N) is 1. The normalized spacial score (nSPS) is 16.6. The zero-order valence-electron chi connectivity index (χ0n) is 16.5. The number of hydrogen-bond donors (Lipinski definition) is 2. The first kappa shape index (κ1) is 23.2. The molecule has 1 atom stereocenters. The number of rotatable bonds is 8. The number of nitrogens with one attached hydrogen (secondary N) is 1. The monoisotopic (exact) mass is 442 g/mol. The lowest BCUT2D eigenvalue weighted by atomic mass is 9.80. The highest BCUT2D eigenvalue weighted by Crippen LogP contribution is 2.43. The van der Waals surface area contributed by atoms with E-state index in [1.54, 1.807) is 32.0 Å². The first-order chi connectivity index (χ1) is 13.9. The van der Waals surface area contributed by atoms with E-state index in [0.717, 1.165) is 0 Å².